The Morgan fingerprint density at radius 2 is 0.524 bits per heavy atom. The lowest BCUT2D eigenvalue weighted by Gasteiger charge is -2.18. The summed E-state index contributed by atoms with van der Waals surface area (Å²) in [5, 5.41) is 0. The Bertz CT molecular complexity index is 978. The maximum atomic E-state index is 12.8. The van der Waals surface area contributed by atoms with Crippen molar-refractivity contribution in [3.8, 4) is 0 Å². The average molecular weight is 889 g/mol. The molecule has 0 aliphatic carbocycles. The van der Waals surface area contributed by atoms with E-state index in [-0.39, 0.29) is 31.1 Å². The van der Waals surface area contributed by atoms with Crippen LogP contribution in [0.2, 0.25) is 0 Å². The molecule has 0 saturated heterocycles. The third-order valence-electron chi connectivity index (χ3n) is 12.8. The maximum Gasteiger partial charge on any atom is 0.306 e. The predicted octanol–water partition coefficient (Wildman–Crippen LogP) is 18.5. The standard InChI is InChI=1S/C57H108O6/c1-4-7-10-13-16-19-22-24-26-28-30-31-33-35-38-41-44-47-50-56(59)62-53-54(52-61-55(58)49-46-43-40-37-21-18-15-12-9-6-3)63-57(60)51-48-45-42-39-36-34-32-29-27-25-23-20-17-14-11-8-5-2/h30-31,54H,4-29,32-53H2,1-3H3/b31-30-. The van der Waals surface area contributed by atoms with E-state index in [1.807, 2.05) is 0 Å². The van der Waals surface area contributed by atoms with Crippen molar-refractivity contribution in [2.75, 3.05) is 13.2 Å². The van der Waals surface area contributed by atoms with Gasteiger partial charge in [-0.25, -0.2) is 0 Å². The topological polar surface area (TPSA) is 78.9 Å². The van der Waals surface area contributed by atoms with Crippen LogP contribution in [0.15, 0.2) is 12.2 Å². The summed E-state index contributed by atoms with van der Waals surface area (Å²) in [6, 6.07) is 0. The SMILES string of the molecule is CCCCCCCCCCC/C=C\CCCCCCCC(=O)OCC(COC(=O)CCCCCCCCCCCC)OC(=O)CCCCCCCCCCCCCCCCCCC. The van der Waals surface area contributed by atoms with Crippen LogP contribution in [0, 0.1) is 0 Å². The van der Waals surface area contributed by atoms with E-state index in [1.54, 1.807) is 0 Å². The highest BCUT2D eigenvalue weighted by molar-refractivity contribution is 5.71. The highest BCUT2D eigenvalue weighted by atomic mass is 16.6. The quantitative estimate of drug-likeness (QED) is 0.0262. The lowest BCUT2D eigenvalue weighted by molar-refractivity contribution is -0.167. The molecular weight excluding hydrogens is 781 g/mol. The van der Waals surface area contributed by atoms with Crippen LogP contribution in [-0.4, -0.2) is 37.2 Å². The normalized spacial score (nSPS) is 12.0. The number of hydrogen-bond donors (Lipinski definition) is 0. The minimum atomic E-state index is -0.766. The highest BCUT2D eigenvalue weighted by Gasteiger charge is 2.19. The minimum Gasteiger partial charge on any atom is -0.462 e. The van der Waals surface area contributed by atoms with Crippen LogP contribution < -0.4 is 0 Å². The van der Waals surface area contributed by atoms with Gasteiger partial charge >= 0.3 is 17.9 Å². The molecule has 1 unspecified atom stereocenters. The molecule has 0 radical (unpaired) electrons. The Labute approximate surface area is 392 Å². The van der Waals surface area contributed by atoms with Gasteiger partial charge in [0.05, 0.1) is 0 Å². The van der Waals surface area contributed by atoms with E-state index < -0.39 is 6.10 Å². The fourth-order valence-electron chi connectivity index (χ4n) is 8.50. The lowest BCUT2D eigenvalue weighted by atomic mass is 10.0. The van der Waals surface area contributed by atoms with E-state index in [4.69, 9.17) is 14.2 Å². The van der Waals surface area contributed by atoms with Gasteiger partial charge in [0.1, 0.15) is 13.2 Å². The summed E-state index contributed by atoms with van der Waals surface area (Å²) in [5.74, 6) is -0.856. The van der Waals surface area contributed by atoms with Gasteiger partial charge in [0, 0.05) is 19.3 Å². The van der Waals surface area contributed by atoms with Crippen molar-refractivity contribution in [2.24, 2.45) is 0 Å². The Morgan fingerprint density at radius 3 is 0.794 bits per heavy atom. The number of carbonyl (C=O) groups excluding carboxylic acids is 3. The Morgan fingerprint density at radius 1 is 0.302 bits per heavy atom. The molecule has 0 spiro atoms. The lowest BCUT2D eigenvalue weighted by Crippen LogP contribution is -2.30. The van der Waals surface area contributed by atoms with Gasteiger partial charge in [0.15, 0.2) is 6.10 Å². The van der Waals surface area contributed by atoms with E-state index in [0.29, 0.717) is 19.3 Å². The van der Waals surface area contributed by atoms with Crippen molar-refractivity contribution >= 4 is 17.9 Å². The van der Waals surface area contributed by atoms with Gasteiger partial charge in [-0.3, -0.25) is 14.4 Å². The van der Waals surface area contributed by atoms with Crippen molar-refractivity contribution in [1.82, 2.24) is 0 Å². The van der Waals surface area contributed by atoms with Crippen LogP contribution in [0.25, 0.3) is 0 Å². The summed E-state index contributed by atoms with van der Waals surface area (Å²) in [6.07, 6.45) is 59.2. The van der Waals surface area contributed by atoms with Gasteiger partial charge in [-0.2, -0.15) is 0 Å². The first-order chi connectivity index (χ1) is 31.0. The smallest absolute Gasteiger partial charge is 0.306 e. The molecule has 0 aliphatic heterocycles. The molecule has 6 nitrogen and oxygen atoms in total. The monoisotopic (exact) mass is 889 g/mol. The molecule has 0 fully saturated rings. The third-order valence-corrected chi connectivity index (χ3v) is 12.8. The molecule has 0 aromatic rings. The number of carbonyl (C=O) groups is 3. The van der Waals surface area contributed by atoms with Crippen LogP contribution >= 0.6 is 0 Å². The molecule has 6 heteroatoms. The van der Waals surface area contributed by atoms with Gasteiger partial charge in [-0.05, 0) is 44.9 Å². The van der Waals surface area contributed by atoms with Crippen LogP contribution in [0.5, 0.6) is 0 Å². The molecule has 0 heterocycles. The Kier molecular flexibility index (Phi) is 51.2. The molecular formula is C57H108O6. The fourth-order valence-corrected chi connectivity index (χ4v) is 8.50. The van der Waals surface area contributed by atoms with Gasteiger partial charge < -0.3 is 14.2 Å². The molecule has 1 atom stereocenters. The molecule has 0 rings (SSSR count). The van der Waals surface area contributed by atoms with Crippen molar-refractivity contribution < 1.29 is 28.6 Å². The first-order valence-electron chi connectivity index (χ1n) is 28.2. The predicted molar refractivity (Wildman–Crippen MR) is 270 cm³/mol. The Balaban J connectivity index is 4.27. The summed E-state index contributed by atoms with van der Waals surface area (Å²) in [4.78, 5) is 38.0. The van der Waals surface area contributed by atoms with Gasteiger partial charge in [0.25, 0.3) is 0 Å². The zero-order valence-electron chi connectivity index (χ0n) is 42.6. The van der Waals surface area contributed by atoms with Crippen LogP contribution in [0.3, 0.4) is 0 Å². The minimum absolute atomic E-state index is 0.0672. The van der Waals surface area contributed by atoms with E-state index >= 15 is 0 Å². The van der Waals surface area contributed by atoms with Gasteiger partial charge in [-0.15, -0.1) is 0 Å². The van der Waals surface area contributed by atoms with Crippen molar-refractivity contribution in [2.45, 2.75) is 322 Å². The number of hydrogen-bond acceptors (Lipinski definition) is 6. The third kappa shape index (κ3) is 51.0. The van der Waals surface area contributed by atoms with Crippen LogP contribution in [0.4, 0.5) is 0 Å². The maximum absolute atomic E-state index is 12.8. The van der Waals surface area contributed by atoms with Crippen LogP contribution in [0.1, 0.15) is 316 Å². The molecule has 0 aromatic heterocycles. The first kappa shape index (κ1) is 61.1. The zero-order valence-corrected chi connectivity index (χ0v) is 42.6. The highest BCUT2D eigenvalue weighted by Crippen LogP contribution is 2.17. The summed E-state index contributed by atoms with van der Waals surface area (Å²) in [6.45, 7) is 6.67. The summed E-state index contributed by atoms with van der Waals surface area (Å²) in [5.41, 5.74) is 0. The molecule has 0 N–H and O–H groups in total. The summed E-state index contributed by atoms with van der Waals surface area (Å²) < 4.78 is 16.8. The fraction of sp³-hybridized carbons (Fsp3) is 0.912. The van der Waals surface area contributed by atoms with Gasteiger partial charge in [0.2, 0.25) is 0 Å². The summed E-state index contributed by atoms with van der Waals surface area (Å²) in [7, 11) is 0. The number of allylic oxidation sites excluding steroid dienone is 2. The molecule has 372 valence electrons. The van der Waals surface area contributed by atoms with Gasteiger partial charge in [-0.1, -0.05) is 264 Å². The molecule has 0 aromatic carbocycles. The van der Waals surface area contributed by atoms with E-state index in [9.17, 15) is 14.4 Å². The number of unbranched alkanes of at least 4 members (excludes halogenated alkanes) is 39. The van der Waals surface area contributed by atoms with Crippen molar-refractivity contribution in [1.29, 1.82) is 0 Å². The Hall–Kier alpha value is -1.85. The van der Waals surface area contributed by atoms with E-state index in [0.717, 1.165) is 64.2 Å². The summed E-state index contributed by atoms with van der Waals surface area (Å²) >= 11 is 0. The van der Waals surface area contributed by atoms with E-state index in [1.165, 1.54) is 212 Å². The van der Waals surface area contributed by atoms with Crippen molar-refractivity contribution in [3.05, 3.63) is 12.2 Å². The number of ether oxygens (including phenoxy) is 3. The zero-order chi connectivity index (χ0) is 45.8. The largest absolute Gasteiger partial charge is 0.462 e. The number of esters is 3. The second-order valence-corrected chi connectivity index (χ2v) is 19.2. The van der Waals surface area contributed by atoms with Crippen molar-refractivity contribution in [3.63, 3.8) is 0 Å². The molecule has 0 aliphatic rings. The average Bonchev–Trinajstić information content (AvgIpc) is 3.28. The second kappa shape index (κ2) is 52.8. The first-order valence-corrected chi connectivity index (χ1v) is 28.2. The van der Waals surface area contributed by atoms with E-state index in [2.05, 4.69) is 32.9 Å². The number of rotatable bonds is 52. The molecule has 0 amide bonds. The van der Waals surface area contributed by atoms with Crippen LogP contribution in [-0.2, 0) is 28.6 Å². The molecule has 63 heavy (non-hydrogen) atoms. The molecule has 0 bridgehead atoms. The molecule has 0 saturated carbocycles. The second-order valence-electron chi connectivity index (χ2n) is 19.2.